The first kappa shape index (κ1) is 5.58. The first-order valence-corrected chi connectivity index (χ1v) is 5.09. The summed E-state index contributed by atoms with van der Waals surface area (Å²) < 4.78 is 0. The van der Waals surface area contributed by atoms with Crippen molar-refractivity contribution in [1.82, 2.24) is 5.32 Å². The van der Waals surface area contributed by atoms with Crippen molar-refractivity contribution in [2.45, 2.75) is 50.6 Å². The summed E-state index contributed by atoms with van der Waals surface area (Å²) in [6, 6.07) is 0.975. The zero-order valence-corrected chi connectivity index (χ0v) is 7.11. The van der Waals surface area contributed by atoms with Crippen molar-refractivity contribution < 1.29 is 0 Å². The van der Waals surface area contributed by atoms with Crippen LogP contribution in [0.2, 0.25) is 0 Å². The fraction of sp³-hybridized carbons (Fsp3) is 1.00. The maximum absolute atomic E-state index is 3.77. The minimum Gasteiger partial charge on any atom is -0.304 e. The Balaban J connectivity index is 1.86. The van der Waals surface area contributed by atoms with Gasteiger partial charge < -0.3 is 5.32 Å². The van der Waals surface area contributed by atoms with Gasteiger partial charge in [-0.05, 0) is 42.9 Å². The largest absolute Gasteiger partial charge is 0.304 e. The number of nitrogens with one attached hydrogen (secondary N) is 1. The van der Waals surface area contributed by atoms with E-state index < -0.39 is 0 Å². The van der Waals surface area contributed by atoms with Crippen molar-refractivity contribution in [2.75, 3.05) is 0 Å². The van der Waals surface area contributed by atoms with Gasteiger partial charge in [-0.1, -0.05) is 6.92 Å². The van der Waals surface area contributed by atoms with Gasteiger partial charge in [-0.2, -0.15) is 0 Å². The molecule has 3 aliphatic carbocycles. The Labute approximate surface area is 67.6 Å². The average Bonchev–Trinajstić information content (AvgIpc) is 2.75. The van der Waals surface area contributed by atoms with Crippen LogP contribution in [0.1, 0.15) is 39.0 Å². The van der Waals surface area contributed by atoms with Gasteiger partial charge in [0.2, 0.25) is 0 Å². The average molecular weight is 149 g/mol. The van der Waals surface area contributed by atoms with Gasteiger partial charge in [0.25, 0.3) is 0 Å². The van der Waals surface area contributed by atoms with Crippen LogP contribution in [-0.2, 0) is 0 Å². The second kappa shape index (κ2) is 1.10. The van der Waals surface area contributed by atoms with E-state index in [4.69, 9.17) is 0 Å². The van der Waals surface area contributed by atoms with Gasteiger partial charge in [0.05, 0.1) is 0 Å². The lowest BCUT2D eigenvalue weighted by atomic mass is 9.24. The van der Waals surface area contributed by atoms with E-state index in [-0.39, 0.29) is 0 Å². The molecule has 1 N–H and O–H groups in total. The van der Waals surface area contributed by atoms with Crippen LogP contribution in [0.4, 0.5) is 0 Å². The SMILES string of the molecule is CCC12NC1C13CCC12CC3. The summed E-state index contributed by atoms with van der Waals surface area (Å²) in [5, 5.41) is 3.77. The zero-order chi connectivity index (χ0) is 7.32. The number of fused-ring (bicyclic) bond motifs is 1. The summed E-state index contributed by atoms with van der Waals surface area (Å²) in [6.45, 7) is 2.36. The molecule has 1 heteroatoms. The highest BCUT2D eigenvalue weighted by molar-refractivity contribution is 5.49. The molecule has 4 fully saturated rings. The van der Waals surface area contributed by atoms with E-state index >= 15 is 0 Å². The Hall–Kier alpha value is -0.0400. The molecule has 1 aliphatic heterocycles. The molecule has 0 aromatic rings. The van der Waals surface area contributed by atoms with E-state index in [1.54, 1.807) is 25.7 Å². The Morgan fingerprint density at radius 1 is 1.27 bits per heavy atom. The van der Waals surface area contributed by atoms with Gasteiger partial charge in [-0.15, -0.1) is 0 Å². The van der Waals surface area contributed by atoms with E-state index in [0.29, 0.717) is 5.54 Å². The Morgan fingerprint density at radius 2 is 2.00 bits per heavy atom. The molecule has 0 spiro atoms. The lowest BCUT2D eigenvalue weighted by Crippen LogP contribution is -2.77. The molecule has 0 bridgehead atoms. The van der Waals surface area contributed by atoms with Gasteiger partial charge in [-0.25, -0.2) is 0 Å². The molecule has 0 amide bonds. The van der Waals surface area contributed by atoms with Crippen molar-refractivity contribution in [3.8, 4) is 0 Å². The lowest BCUT2D eigenvalue weighted by molar-refractivity contribution is -0.262. The van der Waals surface area contributed by atoms with Gasteiger partial charge in [0.1, 0.15) is 0 Å². The monoisotopic (exact) mass is 149 g/mol. The van der Waals surface area contributed by atoms with E-state index in [2.05, 4.69) is 12.2 Å². The van der Waals surface area contributed by atoms with E-state index in [1.165, 1.54) is 6.42 Å². The Morgan fingerprint density at radius 3 is 2.27 bits per heavy atom. The summed E-state index contributed by atoms with van der Waals surface area (Å²) in [4.78, 5) is 0. The molecule has 60 valence electrons. The first-order valence-electron chi connectivity index (χ1n) is 5.09. The zero-order valence-electron chi connectivity index (χ0n) is 7.11. The smallest absolute Gasteiger partial charge is 0.0404 e. The third kappa shape index (κ3) is 0.253. The fourth-order valence-electron chi connectivity index (χ4n) is 5.01. The molecule has 2 atom stereocenters. The van der Waals surface area contributed by atoms with Gasteiger partial charge >= 0.3 is 0 Å². The number of rotatable bonds is 1. The molecular formula is C10H15N. The fourth-order valence-corrected chi connectivity index (χ4v) is 5.01. The second-order valence-corrected chi connectivity index (χ2v) is 5.14. The predicted molar refractivity (Wildman–Crippen MR) is 43.3 cm³/mol. The van der Waals surface area contributed by atoms with Crippen LogP contribution in [0.15, 0.2) is 0 Å². The molecule has 1 heterocycles. The number of hydrogen-bond donors (Lipinski definition) is 1. The highest BCUT2D eigenvalue weighted by Crippen LogP contribution is 2.90. The topological polar surface area (TPSA) is 21.9 Å². The molecular weight excluding hydrogens is 134 g/mol. The Kier molecular flexibility index (Phi) is 0.558. The third-order valence-electron chi connectivity index (χ3n) is 5.72. The predicted octanol–water partition coefficient (Wildman–Crippen LogP) is 1.68. The normalized spacial score (nSPS) is 74.5. The van der Waals surface area contributed by atoms with Crippen LogP contribution < -0.4 is 5.32 Å². The summed E-state index contributed by atoms with van der Waals surface area (Å²) >= 11 is 0. The highest BCUT2D eigenvalue weighted by atomic mass is 15.4. The standard InChI is InChI=1S/C10H15N/c1-2-10-7(11-10)8-3-5-9(8,10)6-4-8/h7,11H,2-6H2,1H3. The molecule has 0 aromatic carbocycles. The summed E-state index contributed by atoms with van der Waals surface area (Å²) in [5.41, 5.74) is 2.39. The first-order chi connectivity index (χ1) is 5.31. The lowest BCUT2D eigenvalue weighted by Gasteiger charge is -2.78. The minimum absolute atomic E-state index is 0.684. The van der Waals surface area contributed by atoms with E-state index in [9.17, 15) is 0 Å². The van der Waals surface area contributed by atoms with Crippen LogP contribution in [-0.4, -0.2) is 11.6 Å². The summed E-state index contributed by atoms with van der Waals surface area (Å²) in [6.07, 6.45) is 7.58. The van der Waals surface area contributed by atoms with Crippen molar-refractivity contribution in [1.29, 1.82) is 0 Å². The van der Waals surface area contributed by atoms with Crippen LogP contribution >= 0.6 is 0 Å². The third-order valence-corrected chi connectivity index (χ3v) is 5.72. The van der Waals surface area contributed by atoms with E-state index in [0.717, 1.165) is 16.9 Å². The van der Waals surface area contributed by atoms with Crippen LogP contribution in [0.5, 0.6) is 0 Å². The Bertz CT molecular complexity index is 250. The second-order valence-electron chi connectivity index (χ2n) is 5.14. The van der Waals surface area contributed by atoms with Crippen LogP contribution in [0.3, 0.4) is 0 Å². The maximum Gasteiger partial charge on any atom is 0.0404 e. The molecule has 2 unspecified atom stereocenters. The van der Waals surface area contributed by atoms with Gasteiger partial charge in [0.15, 0.2) is 0 Å². The molecule has 4 rings (SSSR count). The van der Waals surface area contributed by atoms with Crippen LogP contribution in [0, 0.1) is 10.8 Å². The van der Waals surface area contributed by atoms with Gasteiger partial charge in [-0.3, -0.25) is 0 Å². The van der Waals surface area contributed by atoms with Gasteiger partial charge in [0, 0.05) is 11.6 Å². The van der Waals surface area contributed by atoms with Crippen molar-refractivity contribution in [2.24, 2.45) is 10.8 Å². The molecule has 1 saturated heterocycles. The maximum atomic E-state index is 3.77. The van der Waals surface area contributed by atoms with Crippen LogP contribution in [0.25, 0.3) is 0 Å². The van der Waals surface area contributed by atoms with Crippen molar-refractivity contribution in [3.05, 3.63) is 0 Å². The molecule has 0 aromatic heterocycles. The van der Waals surface area contributed by atoms with Crippen molar-refractivity contribution in [3.63, 3.8) is 0 Å². The summed E-state index contributed by atoms with van der Waals surface area (Å²) in [5.74, 6) is 0. The molecule has 11 heavy (non-hydrogen) atoms. The molecule has 4 aliphatic rings. The molecule has 3 saturated carbocycles. The molecule has 0 radical (unpaired) electrons. The summed E-state index contributed by atoms with van der Waals surface area (Å²) in [7, 11) is 0. The van der Waals surface area contributed by atoms with Crippen molar-refractivity contribution >= 4 is 0 Å². The molecule has 1 nitrogen and oxygen atoms in total. The number of hydrogen-bond acceptors (Lipinski definition) is 1. The van der Waals surface area contributed by atoms with E-state index in [1.807, 2.05) is 0 Å². The quantitative estimate of drug-likeness (QED) is 0.563. The minimum atomic E-state index is 0.684. The highest BCUT2D eigenvalue weighted by Gasteiger charge is 2.94.